The zero-order valence-electron chi connectivity index (χ0n) is 24.0. The minimum Gasteiger partial charge on any atom is -0.495 e. The molecule has 1 aromatic heterocycles. The minimum absolute atomic E-state index is 0.0286. The van der Waals surface area contributed by atoms with Crippen LogP contribution in [0.2, 0.25) is 0 Å². The standard InChI is InChI=1S/C30H29N7O6S/c1-4-25(38)32-20-14-15-23(43-3)22(18-20)35-29(39)26(27-34-21-12-8-9-13-24(21)44(41,42)36(27)2)37-17-16-31-28(37)30(40)33-19-10-6-5-7-11-19/h5-18,26H,4H2,1-3H3,(H,32,38)(H,33,40)(H,35,39). The van der Waals surface area contributed by atoms with Crippen LogP contribution in [0.25, 0.3) is 0 Å². The molecule has 0 saturated heterocycles. The van der Waals surface area contributed by atoms with Crippen LogP contribution >= 0.6 is 0 Å². The smallest absolute Gasteiger partial charge is 0.291 e. The molecule has 1 unspecified atom stereocenters. The van der Waals surface area contributed by atoms with E-state index in [1.54, 1.807) is 61.5 Å². The third-order valence-electron chi connectivity index (χ3n) is 6.80. The van der Waals surface area contributed by atoms with Gasteiger partial charge in [-0.1, -0.05) is 37.3 Å². The number of anilines is 3. The molecule has 14 heteroatoms. The maximum atomic E-state index is 14.2. The number of hydrogen-bond acceptors (Lipinski definition) is 8. The van der Waals surface area contributed by atoms with Crippen molar-refractivity contribution in [3.63, 3.8) is 0 Å². The van der Waals surface area contributed by atoms with Crippen LogP contribution in [-0.4, -0.2) is 60.0 Å². The van der Waals surface area contributed by atoms with Crippen molar-refractivity contribution in [1.82, 2.24) is 13.9 Å². The zero-order valence-corrected chi connectivity index (χ0v) is 24.8. The van der Waals surface area contributed by atoms with Gasteiger partial charge in [-0.25, -0.2) is 18.4 Å². The Hall–Kier alpha value is -5.50. The molecule has 5 rings (SSSR count). The number of aromatic nitrogens is 2. The molecule has 1 aliphatic heterocycles. The number of carbonyl (C=O) groups excluding carboxylic acids is 3. The number of hydrogen-bond donors (Lipinski definition) is 3. The number of likely N-dealkylation sites (N-methyl/N-ethyl adjacent to an activating group) is 1. The number of ether oxygens (including phenoxy) is 1. The molecule has 3 aromatic carbocycles. The lowest BCUT2D eigenvalue weighted by Gasteiger charge is -2.31. The van der Waals surface area contributed by atoms with Gasteiger partial charge >= 0.3 is 0 Å². The molecule has 0 spiro atoms. The first kappa shape index (κ1) is 30.0. The van der Waals surface area contributed by atoms with Crippen LogP contribution in [0.1, 0.15) is 30.0 Å². The summed E-state index contributed by atoms with van der Waals surface area (Å²) in [5.74, 6) is -1.70. The molecule has 0 bridgehead atoms. The largest absolute Gasteiger partial charge is 0.495 e. The summed E-state index contributed by atoms with van der Waals surface area (Å²) in [4.78, 5) is 48.4. The summed E-state index contributed by atoms with van der Waals surface area (Å²) in [6.45, 7) is 1.70. The van der Waals surface area contributed by atoms with Gasteiger partial charge in [-0.3, -0.25) is 18.7 Å². The molecule has 0 fully saturated rings. The second-order valence-electron chi connectivity index (χ2n) is 9.60. The van der Waals surface area contributed by atoms with E-state index in [1.807, 2.05) is 0 Å². The van der Waals surface area contributed by atoms with E-state index in [0.717, 1.165) is 4.31 Å². The van der Waals surface area contributed by atoms with Crippen molar-refractivity contribution in [2.24, 2.45) is 4.99 Å². The predicted molar refractivity (Wildman–Crippen MR) is 165 cm³/mol. The summed E-state index contributed by atoms with van der Waals surface area (Å²) < 4.78 is 34.7. The van der Waals surface area contributed by atoms with Crippen molar-refractivity contribution >= 4 is 56.3 Å². The Morgan fingerprint density at radius 1 is 0.932 bits per heavy atom. The lowest BCUT2D eigenvalue weighted by atomic mass is 10.2. The SMILES string of the molecule is CCC(=O)Nc1ccc(OC)c(NC(=O)C(C2=Nc3ccccc3S(=O)(=O)N2C)n2ccnc2C(=O)Nc2ccccc2)c1. The van der Waals surface area contributed by atoms with Gasteiger partial charge in [-0.2, -0.15) is 0 Å². The van der Waals surface area contributed by atoms with E-state index >= 15 is 0 Å². The molecule has 3 N–H and O–H groups in total. The van der Waals surface area contributed by atoms with Crippen LogP contribution < -0.4 is 20.7 Å². The van der Waals surface area contributed by atoms with Crippen LogP contribution in [0.4, 0.5) is 22.7 Å². The highest BCUT2D eigenvalue weighted by Gasteiger charge is 2.40. The van der Waals surface area contributed by atoms with Crippen molar-refractivity contribution < 1.29 is 27.5 Å². The van der Waals surface area contributed by atoms with Gasteiger partial charge in [0.25, 0.3) is 21.8 Å². The second-order valence-corrected chi connectivity index (χ2v) is 11.5. The maximum absolute atomic E-state index is 14.2. The third-order valence-corrected chi connectivity index (χ3v) is 8.61. The van der Waals surface area contributed by atoms with Crippen molar-refractivity contribution in [3.05, 3.63) is 91.0 Å². The number of fused-ring (bicyclic) bond motifs is 1. The lowest BCUT2D eigenvalue weighted by Crippen LogP contribution is -2.45. The molecule has 3 amide bonds. The average molecular weight is 616 g/mol. The molecule has 1 atom stereocenters. The number of rotatable bonds is 9. The van der Waals surface area contributed by atoms with E-state index in [4.69, 9.17) is 4.74 Å². The number of carbonyl (C=O) groups is 3. The fourth-order valence-electron chi connectivity index (χ4n) is 4.57. The fourth-order valence-corrected chi connectivity index (χ4v) is 5.88. The number of aliphatic imine (C=N–C) groups is 1. The van der Waals surface area contributed by atoms with E-state index < -0.39 is 27.9 Å². The summed E-state index contributed by atoms with van der Waals surface area (Å²) in [5, 5.41) is 8.23. The van der Waals surface area contributed by atoms with Crippen molar-refractivity contribution in [1.29, 1.82) is 0 Å². The van der Waals surface area contributed by atoms with Crippen molar-refractivity contribution in [3.8, 4) is 5.75 Å². The Kier molecular flexibility index (Phi) is 8.44. The first-order chi connectivity index (χ1) is 21.1. The molecule has 1 aliphatic rings. The van der Waals surface area contributed by atoms with Gasteiger partial charge in [-0.05, 0) is 42.5 Å². The number of para-hydroxylation sites is 2. The highest BCUT2D eigenvalue weighted by Crippen LogP contribution is 2.35. The van der Waals surface area contributed by atoms with Gasteiger partial charge in [0, 0.05) is 37.2 Å². The highest BCUT2D eigenvalue weighted by atomic mass is 32.2. The number of imidazole rings is 1. The van der Waals surface area contributed by atoms with Gasteiger partial charge in [0.15, 0.2) is 17.7 Å². The van der Waals surface area contributed by atoms with Crippen LogP contribution in [-0.2, 0) is 19.6 Å². The Morgan fingerprint density at radius 3 is 2.39 bits per heavy atom. The van der Waals surface area contributed by atoms with Crippen molar-refractivity contribution in [2.45, 2.75) is 24.3 Å². The average Bonchev–Trinajstić information content (AvgIpc) is 3.50. The van der Waals surface area contributed by atoms with Crippen LogP contribution in [0.3, 0.4) is 0 Å². The van der Waals surface area contributed by atoms with E-state index in [0.29, 0.717) is 11.4 Å². The number of nitrogens with one attached hydrogen (secondary N) is 3. The molecule has 2 heterocycles. The Bertz CT molecular complexity index is 1870. The second kappa shape index (κ2) is 12.4. The van der Waals surface area contributed by atoms with Gasteiger partial charge in [0.1, 0.15) is 10.6 Å². The summed E-state index contributed by atoms with van der Waals surface area (Å²) in [5.41, 5.74) is 1.22. The molecule has 13 nitrogen and oxygen atoms in total. The maximum Gasteiger partial charge on any atom is 0.291 e. The van der Waals surface area contributed by atoms with E-state index in [2.05, 4.69) is 25.9 Å². The molecule has 44 heavy (non-hydrogen) atoms. The molecule has 0 aliphatic carbocycles. The minimum atomic E-state index is -4.11. The van der Waals surface area contributed by atoms with E-state index in [9.17, 15) is 22.8 Å². The molecule has 0 radical (unpaired) electrons. The van der Waals surface area contributed by atoms with Gasteiger partial charge in [0.05, 0.1) is 18.5 Å². The number of amidine groups is 1. The molecular formula is C30H29N7O6S. The molecular weight excluding hydrogens is 586 g/mol. The quantitative estimate of drug-likeness (QED) is 0.256. The number of amides is 3. The highest BCUT2D eigenvalue weighted by molar-refractivity contribution is 7.90. The fraction of sp³-hybridized carbons (Fsp3) is 0.167. The number of benzene rings is 3. The van der Waals surface area contributed by atoms with Crippen LogP contribution in [0.5, 0.6) is 5.75 Å². The van der Waals surface area contributed by atoms with Crippen LogP contribution in [0, 0.1) is 0 Å². The Morgan fingerprint density at radius 2 is 1.66 bits per heavy atom. The van der Waals surface area contributed by atoms with Gasteiger partial charge in [-0.15, -0.1) is 0 Å². The van der Waals surface area contributed by atoms with E-state index in [-0.39, 0.29) is 46.0 Å². The zero-order chi connectivity index (χ0) is 31.4. The molecule has 226 valence electrons. The summed E-state index contributed by atoms with van der Waals surface area (Å²) >= 11 is 0. The molecule has 0 saturated carbocycles. The topological polar surface area (TPSA) is 164 Å². The monoisotopic (exact) mass is 615 g/mol. The summed E-state index contributed by atoms with van der Waals surface area (Å²) in [6, 6.07) is 18.0. The Labute approximate surface area is 253 Å². The first-order valence-electron chi connectivity index (χ1n) is 13.5. The van der Waals surface area contributed by atoms with Gasteiger partial charge < -0.3 is 25.3 Å². The number of nitrogens with zero attached hydrogens (tertiary/aromatic N) is 4. The Balaban J connectivity index is 1.61. The normalized spacial score (nSPS) is 14.1. The van der Waals surface area contributed by atoms with Gasteiger partial charge in [0.2, 0.25) is 5.91 Å². The van der Waals surface area contributed by atoms with Crippen molar-refractivity contribution in [2.75, 3.05) is 30.1 Å². The predicted octanol–water partition coefficient (Wildman–Crippen LogP) is 4.04. The summed E-state index contributed by atoms with van der Waals surface area (Å²) in [7, 11) is -1.42. The van der Waals surface area contributed by atoms with E-state index in [1.165, 1.54) is 49.3 Å². The van der Waals surface area contributed by atoms with Crippen LogP contribution in [0.15, 0.2) is 95.1 Å². The third kappa shape index (κ3) is 5.87. The number of sulfonamides is 1. The first-order valence-corrected chi connectivity index (χ1v) is 14.9. The lowest BCUT2D eigenvalue weighted by molar-refractivity contribution is -0.118. The number of methoxy groups -OCH3 is 1. The summed E-state index contributed by atoms with van der Waals surface area (Å²) in [6.07, 6.45) is 2.96. The molecule has 4 aromatic rings.